The predicted molar refractivity (Wildman–Crippen MR) is 68.9 cm³/mol. The summed E-state index contributed by atoms with van der Waals surface area (Å²) in [7, 11) is 0. The highest BCUT2D eigenvalue weighted by Gasteiger charge is 2.22. The number of carbonyl (C=O) groups is 1. The summed E-state index contributed by atoms with van der Waals surface area (Å²) in [5, 5.41) is 0. The van der Waals surface area contributed by atoms with E-state index in [0.29, 0.717) is 18.1 Å². The first-order valence-electron chi connectivity index (χ1n) is 5.93. The van der Waals surface area contributed by atoms with Gasteiger partial charge in [0.15, 0.2) is 5.82 Å². The molecular formula is C12H20N4O2. The molecule has 1 unspecified atom stereocenters. The van der Waals surface area contributed by atoms with Crippen LogP contribution in [-0.2, 0) is 4.74 Å². The molecule has 18 heavy (non-hydrogen) atoms. The van der Waals surface area contributed by atoms with Crippen LogP contribution in [0.3, 0.4) is 0 Å². The van der Waals surface area contributed by atoms with Gasteiger partial charge in [-0.1, -0.05) is 13.8 Å². The number of rotatable bonds is 5. The molecule has 0 bridgehead atoms. The first kappa shape index (κ1) is 14.4. The van der Waals surface area contributed by atoms with Gasteiger partial charge < -0.3 is 16.2 Å². The number of carbonyl (C=O) groups excluding carboxylic acids is 1. The largest absolute Gasteiger partial charge is 0.383 e. The number of anilines is 1. The van der Waals surface area contributed by atoms with Gasteiger partial charge in [-0.05, 0) is 19.8 Å². The standard InChI is InChI=1S/C12H20N4O2/c1-5-18-9(6(2)3)12-15-7(4)8(11(14)17)10(13)16-12/h6,9H,5H2,1-4H3,(H2,14,17)(H2,13,15,16). The lowest BCUT2D eigenvalue weighted by atomic mass is 10.1. The predicted octanol–water partition coefficient (Wildman–Crippen LogP) is 1.20. The van der Waals surface area contributed by atoms with Crippen molar-refractivity contribution < 1.29 is 9.53 Å². The zero-order valence-corrected chi connectivity index (χ0v) is 11.2. The first-order valence-corrected chi connectivity index (χ1v) is 5.93. The lowest BCUT2D eigenvalue weighted by Crippen LogP contribution is -2.21. The van der Waals surface area contributed by atoms with Gasteiger partial charge in [0.25, 0.3) is 5.91 Å². The van der Waals surface area contributed by atoms with E-state index in [1.54, 1.807) is 6.92 Å². The molecule has 1 amide bonds. The van der Waals surface area contributed by atoms with E-state index in [4.69, 9.17) is 16.2 Å². The topological polar surface area (TPSA) is 104 Å². The lowest BCUT2D eigenvalue weighted by molar-refractivity contribution is 0.0231. The SMILES string of the molecule is CCOC(c1nc(C)c(C(N)=O)c(N)n1)C(C)C. The fourth-order valence-corrected chi connectivity index (χ4v) is 1.79. The third kappa shape index (κ3) is 2.95. The Hall–Kier alpha value is -1.69. The number of hydrogen-bond donors (Lipinski definition) is 2. The van der Waals surface area contributed by atoms with Gasteiger partial charge in [0.1, 0.15) is 17.5 Å². The van der Waals surface area contributed by atoms with Crippen molar-refractivity contribution in [1.29, 1.82) is 0 Å². The third-order valence-electron chi connectivity index (χ3n) is 2.59. The molecule has 1 aromatic rings. The highest BCUT2D eigenvalue weighted by Crippen LogP contribution is 2.25. The Morgan fingerprint density at radius 2 is 2.00 bits per heavy atom. The molecule has 0 radical (unpaired) electrons. The van der Waals surface area contributed by atoms with E-state index in [1.165, 1.54) is 0 Å². The van der Waals surface area contributed by atoms with Crippen LogP contribution in [0.15, 0.2) is 0 Å². The molecule has 0 aromatic carbocycles. The van der Waals surface area contributed by atoms with Crippen molar-refractivity contribution in [3.63, 3.8) is 0 Å². The third-order valence-corrected chi connectivity index (χ3v) is 2.59. The van der Waals surface area contributed by atoms with Gasteiger partial charge in [-0.25, -0.2) is 9.97 Å². The van der Waals surface area contributed by atoms with Gasteiger partial charge in [-0.2, -0.15) is 0 Å². The summed E-state index contributed by atoms with van der Waals surface area (Å²) in [5.41, 5.74) is 11.6. The van der Waals surface area contributed by atoms with Crippen LogP contribution >= 0.6 is 0 Å². The van der Waals surface area contributed by atoms with Gasteiger partial charge in [0.2, 0.25) is 0 Å². The Balaban J connectivity index is 3.23. The molecule has 1 atom stereocenters. The first-order chi connectivity index (χ1) is 8.38. The van der Waals surface area contributed by atoms with Crippen LogP contribution in [0.2, 0.25) is 0 Å². The number of aromatic nitrogens is 2. The summed E-state index contributed by atoms with van der Waals surface area (Å²) in [4.78, 5) is 19.6. The smallest absolute Gasteiger partial charge is 0.254 e. The van der Waals surface area contributed by atoms with Gasteiger partial charge in [0.05, 0.1) is 5.69 Å². The maximum absolute atomic E-state index is 11.2. The van der Waals surface area contributed by atoms with Crippen molar-refractivity contribution in [3.8, 4) is 0 Å². The number of ether oxygens (including phenoxy) is 1. The zero-order chi connectivity index (χ0) is 13.9. The van der Waals surface area contributed by atoms with Crippen molar-refractivity contribution >= 4 is 11.7 Å². The maximum atomic E-state index is 11.2. The molecule has 0 fully saturated rings. The van der Waals surface area contributed by atoms with E-state index >= 15 is 0 Å². The molecular weight excluding hydrogens is 232 g/mol. The second kappa shape index (κ2) is 5.77. The van der Waals surface area contributed by atoms with Crippen LogP contribution in [0.1, 0.15) is 48.8 Å². The van der Waals surface area contributed by atoms with Crippen molar-refractivity contribution in [2.75, 3.05) is 12.3 Å². The van der Waals surface area contributed by atoms with E-state index in [9.17, 15) is 4.79 Å². The van der Waals surface area contributed by atoms with Crippen LogP contribution in [0.5, 0.6) is 0 Å². The minimum Gasteiger partial charge on any atom is -0.383 e. The molecule has 0 aliphatic carbocycles. The summed E-state index contributed by atoms with van der Waals surface area (Å²) in [5.74, 6) is 0.194. The molecule has 0 saturated heterocycles. The fraction of sp³-hybridized carbons (Fsp3) is 0.583. The summed E-state index contributed by atoms with van der Waals surface area (Å²) in [6, 6.07) is 0. The summed E-state index contributed by atoms with van der Waals surface area (Å²) in [6.07, 6.45) is -0.238. The average molecular weight is 252 g/mol. The summed E-state index contributed by atoms with van der Waals surface area (Å²) >= 11 is 0. The number of aryl methyl sites for hydroxylation is 1. The van der Waals surface area contributed by atoms with Gasteiger partial charge >= 0.3 is 0 Å². The van der Waals surface area contributed by atoms with Crippen LogP contribution in [0, 0.1) is 12.8 Å². The Morgan fingerprint density at radius 1 is 1.39 bits per heavy atom. The highest BCUT2D eigenvalue weighted by molar-refractivity contribution is 5.98. The molecule has 4 N–H and O–H groups in total. The van der Waals surface area contributed by atoms with Crippen LogP contribution < -0.4 is 11.5 Å². The molecule has 1 heterocycles. The Morgan fingerprint density at radius 3 is 2.39 bits per heavy atom. The number of nitrogens with zero attached hydrogens (tertiary/aromatic N) is 2. The van der Waals surface area contributed by atoms with Crippen molar-refractivity contribution in [2.24, 2.45) is 11.7 Å². The van der Waals surface area contributed by atoms with Gasteiger partial charge in [-0.3, -0.25) is 4.79 Å². The molecule has 0 spiro atoms. The Bertz CT molecular complexity index is 423. The summed E-state index contributed by atoms with van der Waals surface area (Å²) in [6.45, 7) is 8.17. The molecule has 100 valence electrons. The zero-order valence-electron chi connectivity index (χ0n) is 11.2. The molecule has 0 aliphatic heterocycles. The van der Waals surface area contributed by atoms with Gasteiger partial charge in [-0.15, -0.1) is 0 Å². The van der Waals surface area contributed by atoms with Crippen LogP contribution in [0.25, 0.3) is 0 Å². The van der Waals surface area contributed by atoms with Crippen LogP contribution in [-0.4, -0.2) is 22.5 Å². The fourth-order valence-electron chi connectivity index (χ4n) is 1.79. The molecule has 6 nitrogen and oxygen atoms in total. The number of nitrogen functional groups attached to an aromatic ring is 1. The number of primary amides is 1. The van der Waals surface area contributed by atoms with Crippen molar-refractivity contribution in [3.05, 3.63) is 17.1 Å². The quantitative estimate of drug-likeness (QED) is 0.819. The maximum Gasteiger partial charge on any atom is 0.254 e. The number of nitrogens with two attached hydrogens (primary N) is 2. The molecule has 1 aromatic heterocycles. The Labute approximate surface area is 107 Å². The number of hydrogen-bond acceptors (Lipinski definition) is 5. The highest BCUT2D eigenvalue weighted by atomic mass is 16.5. The average Bonchev–Trinajstić information content (AvgIpc) is 2.23. The molecule has 0 saturated carbocycles. The van der Waals surface area contributed by atoms with E-state index in [-0.39, 0.29) is 23.4 Å². The minimum atomic E-state index is -0.617. The monoisotopic (exact) mass is 252 g/mol. The Kier molecular flexibility index (Phi) is 4.61. The second-order valence-corrected chi connectivity index (χ2v) is 4.41. The van der Waals surface area contributed by atoms with E-state index in [2.05, 4.69) is 9.97 Å². The summed E-state index contributed by atoms with van der Waals surface area (Å²) < 4.78 is 5.60. The van der Waals surface area contributed by atoms with Crippen molar-refractivity contribution in [1.82, 2.24) is 9.97 Å². The molecule has 1 rings (SSSR count). The normalized spacial score (nSPS) is 12.7. The number of amides is 1. The van der Waals surface area contributed by atoms with Gasteiger partial charge in [0, 0.05) is 6.61 Å². The van der Waals surface area contributed by atoms with Crippen molar-refractivity contribution in [2.45, 2.75) is 33.8 Å². The van der Waals surface area contributed by atoms with E-state index < -0.39 is 5.91 Å². The minimum absolute atomic E-state index is 0.107. The molecule has 0 aliphatic rings. The molecule has 6 heteroatoms. The van der Waals surface area contributed by atoms with E-state index in [1.807, 2.05) is 20.8 Å². The second-order valence-electron chi connectivity index (χ2n) is 4.41. The van der Waals surface area contributed by atoms with E-state index in [0.717, 1.165) is 0 Å². The van der Waals surface area contributed by atoms with Crippen LogP contribution in [0.4, 0.5) is 5.82 Å². The lowest BCUT2D eigenvalue weighted by Gasteiger charge is -2.20.